The molecule has 0 fully saturated rings. The van der Waals surface area contributed by atoms with Crippen LogP contribution in [-0.4, -0.2) is 0 Å². The van der Waals surface area contributed by atoms with Crippen molar-refractivity contribution in [2.24, 2.45) is 0 Å². The van der Waals surface area contributed by atoms with Crippen LogP contribution in [0.25, 0.3) is 33.0 Å². The lowest BCUT2D eigenvalue weighted by atomic mass is 9.94. The Morgan fingerprint density at radius 2 is 1.39 bits per heavy atom. The second-order valence-electron chi connectivity index (χ2n) is 6.21. The van der Waals surface area contributed by atoms with E-state index in [1.54, 1.807) is 0 Å². The lowest BCUT2D eigenvalue weighted by Gasteiger charge is -2.10. The molecule has 0 atom stereocenters. The lowest BCUT2D eigenvalue weighted by molar-refractivity contribution is 1.05. The van der Waals surface area contributed by atoms with Crippen molar-refractivity contribution in [3.8, 4) is 11.1 Å². The van der Waals surface area contributed by atoms with Crippen molar-refractivity contribution in [2.45, 2.75) is 12.8 Å². The summed E-state index contributed by atoms with van der Waals surface area (Å²) in [6, 6.07) is 19.9. The van der Waals surface area contributed by atoms with Gasteiger partial charge in [0, 0.05) is 4.47 Å². The number of hydrogen-bond acceptors (Lipinski definition) is 0. The van der Waals surface area contributed by atoms with E-state index >= 15 is 0 Å². The molecule has 5 rings (SSSR count). The number of fused-ring (bicyclic) bond motifs is 3. The molecule has 0 aromatic heterocycles. The predicted molar refractivity (Wildman–Crippen MR) is 102 cm³/mol. The van der Waals surface area contributed by atoms with Crippen LogP contribution >= 0.6 is 15.9 Å². The second-order valence-corrected chi connectivity index (χ2v) is 7.13. The Hall–Kier alpha value is -2.12. The van der Waals surface area contributed by atoms with Gasteiger partial charge in [-0.1, -0.05) is 70.5 Å². The van der Waals surface area contributed by atoms with Crippen molar-refractivity contribution >= 4 is 37.8 Å². The SMILES string of the molecule is Brc1cccc(-c2ccc3c4c(cccc24)C2=CCCC=C23)c1. The third-order valence-electron chi connectivity index (χ3n) is 4.91. The van der Waals surface area contributed by atoms with Gasteiger partial charge in [0.1, 0.15) is 0 Å². The first kappa shape index (κ1) is 13.3. The number of halogens is 1. The molecule has 2 aliphatic rings. The number of allylic oxidation sites excluding steroid dienone is 4. The van der Waals surface area contributed by atoms with Gasteiger partial charge >= 0.3 is 0 Å². The zero-order valence-corrected chi connectivity index (χ0v) is 14.2. The summed E-state index contributed by atoms with van der Waals surface area (Å²) < 4.78 is 1.12. The first-order valence-corrected chi connectivity index (χ1v) is 8.85. The third-order valence-corrected chi connectivity index (χ3v) is 5.40. The van der Waals surface area contributed by atoms with Gasteiger partial charge in [0.05, 0.1) is 0 Å². The van der Waals surface area contributed by atoms with Gasteiger partial charge in [0.2, 0.25) is 0 Å². The molecule has 0 aliphatic heterocycles. The summed E-state index contributed by atoms with van der Waals surface area (Å²) in [6.45, 7) is 0. The number of rotatable bonds is 1. The van der Waals surface area contributed by atoms with Crippen LogP contribution in [-0.2, 0) is 0 Å². The van der Waals surface area contributed by atoms with Crippen molar-refractivity contribution in [3.05, 3.63) is 82.3 Å². The molecule has 0 unspecified atom stereocenters. The minimum absolute atomic E-state index is 1.12. The fourth-order valence-electron chi connectivity index (χ4n) is 3.95. The van der Waals surface area contributed by atoms with Crippen LogP contribution in [0.15, 0.2) is 71.2 Å². The van der Waals surface area contributed by atoms with Gasteiger partial charge in [-0.15, -0.1) is 0 Å². The zero-order valence-electron chi connectivity index (χ0n) is 12.6. The topological polar surface area (TPSA) is 0 Å². The third kappa shape index (κ3) is 1.90. The molecule has 0 spiro atoms. The standard InChI is InChI=1S/C22H15Br/c23-15-6-3-5-14(13-15)16-11-12-21-18-8-2-1-7-17(18)20-10-4-9-19(16)22(20)21/h3-13H,1-2H2. The predicted octanol–water partition coefficient (Wildman–Crippen LogP) is 6.84. The highest BCUT2D eigenvalue weighted by Gasteiger charge is 2.25. The lowest BCUT2D eigenvalue weighted by Crippen LogP contribution is -1.86. The van der Waals surface area contributed by atoms with Gasteiger partial charge in [0.15, 0.2) is 0 Å². The van der Waals surface area contributed by atoms with E-state index in [0.717, 1.165) is 17.3 Å². The van der Waals surface area contributed by atoms with Gasteiger partial charge < -0.3 is 0 Å². The van der Waals surface area contributed by atoms with Crippen LogP contribution in [0.3, 0.4) is 0 Å². The van der Waals surface area contributed by atoms with Gasteiger partial charge in [-0.05, 0) is 69.1 Å². The van der Waals surface area contributed by atoms with Gasteiger partial charge in [-0.2, -0.15) is 0 Å². The van der Waals surface area contributed by atoms with Gasteiger partial charge in [-0.3, -0.25) is 0 Å². The maximum Gasteiger partial charge on any atom is 0.0181 e. The summed E-state index contributed by atoms with van der Waals surface area (Å²) in [5, 5.41) is 2.78. The highest BCUT2D eigenvalue weighted by Crippen LogP contribution is 2.49. The highest BCUT2D eigenvalue weighted by molar-refractivity contribution is 9.10. The quantitative estimate of drug-likeness (QED) is 0.446. The molecule has 0 saturated heterocycles. The minimum atomic E-state index is 1.12. The molecule has 0 nitrogen and oxygen atoms in total. The van der Waals surface area contributed by atoms with Crippen LogP contribution in [0.2, 0.25) is 0 Å². The first-order valence-electron chi connectivity index (χ1n) is 8.06. The molecule has 0 amide bonds. The molecule has 110 valence electrons. The maximum atomic E-state index is 3.60. The van der Waals surface area contributed by atoms with Crippen molar-refractivity contribution in [2.75, 3.05) is 0 Å². The Bertz CT molecular complexity index is 995. The number of benzene rings is 3. The van der Waals surface area contributed by atoms with Crippen LogP contribution in [0.1, 0.15) is 24.0 Å². The average Bonchev–Trinajstić information content (AvgIpc) is 2.92. The van der Waals surface area contributed by atoms with Crippen molar-refractivity contribution < 1.29 is 0 Å². The molecule has 2 aliphatic carbocycles. The van der Waals surface area contributed by atoms with Crippen molar-refractivity contribution in [1.29, 1.82) is 0 Å². The van der Waals surface area contributed by atoms with E-state index in [1.165, 1.54) is 44.2 Å². The molecule has 3 aromatic rings. The van der Waals surface area contributed by atoms with Crippen molar-refractivity contribution in [3.63, 3.8) is 0 Å². The van der Waals surface area contributed by atoms with E-state index in [9.17, 15) is 0 Å². The molecular weight excluding hydrogens is 344 g/mol. The Labute approximate surface area is 144 Å². The average molecular weight is 359 g/mol. The first-order chi connectivity index (χ1) is 11.3. The molecule has 0 radical (unpaired) electrons. The van der Waals surface area contributed by atoms with Gasteiger partial charge in [0.25, 0.3) is 0 Å². The van der Waals surface area contributed by atoms with E-state index in [-0.39, 0.29) is 0 Å². The fraction of sp³-hybridized carbons (Fsp3) is 0.0909. The summed E-state index contributed by atoms with van der Waals surface area (Å²) in [5.41, 5.74) is 8.25. The molecule has 0 N–H and O–H groups in total. The van der Waals surface area contributed by atoms with Crippen LogP contribution in [0.5, 0.6) is 0 Å². The highest BCUT2D eigenvalue weighted by atomic mass is 79.9. The molecular formula is C22H15Br. The van der Waals surface area contributed by atoms with Crippen LogP contribution in [0.4, 0.5) is 0 Å². The largest absolute Gasteiger partial charge is 0.0757 e. The fourth-order valence-corrected chi connectivity index (χ4v) is 4.35. The van der Waals surface area contributed by atoms with Crippen molar-refractivity contribution in [1.82, 2.24) is 0 Å². The zero-order chi connectivity index (χ0) is 15.4. The van der Waals surface area contributed by atoms with Gasteiger partial charge in [-0.25, -0.2) is 0 Å². The summed E-state index contributed by atoms with van der Waals surface area (Å²) in [4.78, 5) is 0. The molecule has 0 heterocycles. The molecule has 0 bridgehead atoms. The van der Waals surface area contributed by atoms with E-state index in [0.29, 0.717) is 0 Å². The Balaban J connectivity index is 1.87. The minimum Gasteiger partial charge on any atom is -0.0757 e. The van der Waals surface area contributed by atoms with Crippen LogP contribution < -0.4 is 0 Å². The molecule has 1 heteroatoms. The number of hydrogen-bond donors (Lipinski definition) is 0. The maximum absolute atomic E-state index is 3.60. The van der Waals surface area contributed by atoms with E-state index < -0.39 is 0 Å². The summed E-state index contributed by atoms with van der Waals surface area (Å²) in [7, 11) is 0. The smallest absolute Gasteiger partial charge is 0.0181 e. The van der Waals surface area contributed by atoms with Crippen LogP contribution in [0, 0.1) is 0 Å². The molecule has 0 saturated carbocycles. The molecule has 3 aromatic carbocycles. The summed E-state index contributed by atoms with van der Waals surface area (Å²) >= 11 is 3.60. The monoisotopic (exact) mass is 358 g/mol. The van der Waals surface area contributed by atoms with E-state index in [4.69, 9.17) is 0 Å². The molecule has 23 heavy (non-hydrogen) atoms. The van der Waals surface area contributed by atoms with E-state index in [1.807, 2.05) is 0 Å². The normalized spacial score (nSPS) is 15.3. The van der Waals surface area contributed by atoms with E-state index in [2.05, 4.69) is 82.7 Å². The summed E-state index contributed by atoms with van der Waals surface area (Å²) in [5.74, 6) is 0. The Morgan fingerprint density at radius 1 is 0.696 bits per heavy atom. The Kier molecular flexibility index (Phi) is 2.86. The Morgan fingerprint density at radius 3 is 2.17 bits per heavy atom. The second kappa shape index (κ2) is 4.94. The summed E-state index contributed by atoms with van der Waals surface area (Å²) in [6.07, 6.45) is 7.12.